The highest BCUT2D eigenvalue weighted by atomic mass is 32.1. The monoisotopic (exact) mass is 251 g/mol. The highest BCUT2D eigenvalue weighted by molar-refractivity contribution is 7.07. The molecule has 0 aliphatic heterocycles. The van der Waals surface area contributed by atoms with Crippen molar-refractivity contribution in [3.8, 4) is 0 Å². The number of carbonyl (C=O) groups is 1. The summed E-state index contributed by atoms with van der Waals surface area (Å²) in [5.74, 6) is -1.52. The molecule has 1 heterocycles. The van der Waals surface area contributed by atoms with Gasteiger partial charge in [-0.15, -0.1) is 0 Å². The van der Waals surface area contributed by atoms with Crippen LogP contribution in [-0.2, 0) is 6.54 Å². The fourth-order valence-electron chi connectivity index (χ4n) is 1.38. The minimum atomic E-state index is -1.07. The number of rotatable bonds is 4. The van der Waals surface area contributed by atoms with Crippen molar-refractivity contribution >= 4 is 23.0 Å². The fraction of sp³-hybridized carbons (Fsp3) is 0.0833. The van der Waals surface area contributed by atoms with Gasteiger partial charge in [-0.05, 0) is 40.6 Å². The fourth-order valence-corrected chi connectivity index (χ4v) is 2.05. The lowest BCUT2D eigenvalue weighted by Gasteiger charge is -2.07. The Kier molecular flexibility index (Phi) is 3.39. The number of halogens is 1. The molecule has 2 aromatic rings. The van der Waals surface area contributed by atoms with Gasteiger partial charge < -0.3 is 10.4 Å². The zero-order chi connectivity index (χ0) is 12.3. The Balaban J connectivity index is 2.14. The maximum absolute atomic E-state index is 13.4. The molecule has 3 nitrogen and oxygen atoms in total. The van der Waals surface area contributed by atoms with Gasteiger partial charge in [0.15, 0.2) is 0 Å². The quantitative estimate of drug-likeness (QED) is 0.877. The first-order valence-corrected chi connectivity index (χ1v) is 5.89. The van der Waals surface area contributed by atoms with E-state index in [2.05, 4.69) is 5.32 Å². The molecule has 0 atom stereocenters. The molecule has 2 rings (SSSR count). The number of carboxylic acids is 1. The van der Waals surface area contributed by atoms with Crippen LogP contribution < -0.4 is 5.32 Å². The summed E-state index contributed by atoms with van der Waals surface area (Å²) >= 11 is 1.56. The molecule has 88 valence electrons. The van der Waals surface area contributed by atoms with E-state index in [1.54, 1.807) is 11.3 Å². The minimum Gasteiger partial charge on any atom is -0.478 e. The average Bonchev–Trinajstić information content (AvgIpc) is 2.80. The molecule has 17 heavy (non-hydrogen) atoms. The topological polar surface area (TPSA) is 49.3 Å². The van der Waals surface area contributed by atoms with E-state index in [4.69, 9.17) is 5.11 Å². The van der Waals surface area contributed by atoms with Gasteiger partial charge in [0.2, 0.25) is 0 Å². The number of benzene rings is 1. The molecule has 5 heteroatoms. The highest BCUT2D eigenvalue weighted by Crippen LogP contribution is 2.17. The summed E-state index contributed by atoms with van der Waals surface area (Å²) < 4.78 is 13.4. The molecule has 1 aromatic heterocycles. The van der Waals surface area contributed by atoms with Crippen LogP contribution in [0.25, 0.3) is 0 Å². The number of aromatic carboxylic acids is 1. The first kappa shape index (κ1) is 11.6. The molecular formula is C12H10FNO2S. The first-order chi connectivity index (χ1) is 8.16. The molecule has 0 saturated carbocycles. The van der Waals surface area contributed by atoms with Crippen LogP contribution in [0.4, 0.5) is 10.1 Å². The molecule has 2 N–H and O–H groups in total. The van der Waals surface area contributed by atoms with E-state index in [0.717, 1.165) is 11.6 Å². The van der Waals surface area contributed by atoms with E-state index in [1.807, 2.05) is 16.8 Å². The zero-order valence-electron chi connectivity index (χ0n) is 8.81. The summed E-state index contributed by atoms with van der Waals surface area (Å²) in [5.41, 5.74) is 1.31. The second-order valence-corrected chi connectivity index (χ2v) is 4.26. The van der Waals surface area contributed by atoms with Crippen LogP contribution in [0.2, 0.25) is 0 Å². The van der Waals surface area contributed by atoms with Crippen molar-refractivity contribution in [3.05, 3.63) is 52.0 Å². The highest BCUT2D eigenvalue weighted by Gasteiger charge is 2.08. The summed E-state index contributed by atoms with van der Waals surface area (Å²) in [7, 11) is 0. The van der Waals surface area contributed by atoms with Crippen LogP contribution in [0.3, 0.4) is 0 Å². The van der Waals surface area contributed by atoms with Crippen molar-refractivity contribution < 1.29 is 14.3 Å². The number of hydrogen-bond acceptors (Lipinski definition) is 3. The van der Waals surface area contributed by atoms with Crippen LogP contribution in [-0.4, -0.2) is 11.1 Å². The molecule has 0 aliphatic rings. The van der Waals surface area contributed by atoms with Crippen molar-refractivity contribution in [2.24, 2.45) is 0 Å². The van der Waals surface area contributed by atoms with Crippen molar-refractivity contribution in [3.63, 3.8) is 0 Å². The van der Waals surface area contributed by atoms with E-state index in [9.17, 15) is 9.18 Å². The lowest BCUT2D eigenvalue weighted by atomic mass is 10.2. The molecule has 0 unspecified atom stereocenters. The number of hydrogen-bond donors (Lipinski definition) is 2. The van der Waals surface area contributed by atoms with Crippen molar-refractivity contribution in [1.29, 1.82) is 0 Å². The van der Waals surface area contributed by atoms with Gasteiger partial charge in [0.05, 0.1) is 11.3 Å². The summed E-state index contributed by atoms with van der Waals surface area (Å²) in [6.45, 7) is 0.476. The van der Waals surface area contributed by atoms with Gasteiger partial charge in [-0.3, -0.25) is 0 Å². The first-order valence-electron chi connectivity index (χ1n) is 4.94. The second-order valence-electron chi connectivity index (χ2n) is 3.48. The van der Waals surface area contributed by atoms with Crippen molar-refractivity contribution in [1.82, 2.24) is 0 Å². The van der Waals surface area contributed by atoms with E-state index < -0.39 is 11.8 Å². The number of nitrogens with one attached hydrogen (secondary N) is 1. The number of anilines is 1. The second kappa shape index (κ2) is 4.97. The third-order valence-electron chi connectivity index (χ3n) is 2.28. The lowest BCUT2D eigenvalue weighted by Crippen LogP contribution is -2.03. The maximum Gasteiger partial charge on any atom is 0.335 e. The van der Waals surface area contributed by atoms with Gasteiger partial charge >= 0.3 is 5.97 Å². The molecule has 0 radical (unpaired) electrons. The molecule has 0 fully saturated rings. The molecule has 0 aliphatic carbocycles. The molecule has 0 spiro atoms. The standard InChI is InChI=1S/C12H10FNO2S/c13-10-2-1-9(12(15)16)5-11(10)14-6-8-3-4-17-7-8/h1-5,7,14H,6H2,(H,15,16). The predicted molar refractivity (Wildman–Crippen MR) is 65.0 cm³/mol. The van der Waals surface area contributed by atoms with Gasteiger partial charge in [0.1, 0.15) is 5.82 Å². The predicted octanol–water partition coefficient (Wildman–Crippen LogP) is 3.20. The maximum atomic E-state index is 13.4. The summed E-state index contributed by atoms with van der Waals surface area (Å²) in [5, 5.41) is 15.6. The Hall–Kier alpha value is -1.88. The zero-order valence-corrected chi connectivity index (χ0v) is 9.63. The Morgan fingerprint density at radius 3 is 2.88 bits per heavy atom. The molecule has 1 aromatic carbocycles. The molecule has 0 amide bonds. The van der Waals surface area contributed by atoms with Gasteiger partial charge in [-0.1, -0.05) is 0 Å². The van der Waals surface area contributed by atoms with Crippen molar-refractivity contribution in [2.75, 3.05) is 5.32 Å². The lowest BCUT2D eigenvalue weighted by molar-refractivity contribution is 0.0697. The average molecular weight is 251 g/mol. The van der Waals surface area contributed by atoms with E-state index in [-0.39, 0.29) is 11.3 Å². The van der Waals surface area contributed by atoms with Crippen LogP contribution in [0, 0.1) is 5.82 Å². The van der Waals surface area contributed by atoms with Gasteiger partial charge in [0.25, 0.3) is 0 Å². The normalized spacial score (nSPS) is 10.2. The SMILES string of the molecule is O=C(O)c1ccc(F)c(NCc2ccsc2)c1. The Morgan fingerprint density at radius 2 is 2.24 bits per heavy atom. The van der Waals surface area contributed by atoms with Gasteiger partial charge in [-0.25, -0.2) is 9.18 Å². The molecular weight excluding hydrogens is 241 g/mol. The van der Waals surface area contributed by atoms with Gasteiger partial charge in [-0.2, -0.15) is 11.3 Å². The third-order valence-corrected chi connectivity index (χ3v) is 3.01. The number of thiophene rings is 1. The Labute approximate surface area is 102 Å². The van der Waals surface area contributed by atoms with E-state index in [1.165, 1.54) is 12.1 Å². The van der Waals surface area contributed by atoms with Crippen LogP contribution >= 0.6 is 11.3 Å². The largest absolute Gasteiger partial charge is 0.478 e. The summed E-state index contributed by atoms with van der Waals surface area (Å²) in [6, 6.07) is 5.62. The molecule has 0 saturated heterocycles. The molecule has 0 bridgehead atoms. The van der Waals surface area contributed by atoms with Crippen LogP contribution in [0.5, 0.6) is 0 Å². The van der Waals surface area contributed by atoms with Gasteiger partial charge in [0, 0.05) is 6.54 Å². The van der Waals surface area contributed by atoms with Crippen molar-refractivity contribution in [2.45, 2.75) is 6.54 Å². The van der Waals surface area contributed by atoms with E-state index >= 15 is 0 Å². The smallest absolute Gasteiger partial charge is 0.335 e. The van der Waals surface area contributed by atoms with Crippen LogP contribution in [0.1, 0.15) is 15.9 Å². The third kappa shape index (κ3) is 2.82. The Morgan fingerprint density at radius 1 is 1.41 bits per heavy atom. The summed E-state index contributed by atoms with van der Waals surface area (Å²) in [6.07, 6.45) is 0. The number of carboxylic acid groups (broad SMARTS) is 1. The van der Waals surface area contributed by atoms with Crippen LogP contribution in [0.15, 0.2) is 35.0 Å². The Bertz CT molecular complexity index is 525. The van der Waals surface area contributed by atoms with E-state index in [0.29, 0.717) is 6.54 Å². The summed E-state index contributed by atoms with van der Waals surface area (Å²) in [4.78, 5) is 10.7. The minimum absolute atomic E-state index is 0.0687.